The van der Waals surface area contributed by atoms with Crippen LogP contribution in [0, 0.1) is 11.3 Å². The molecule has 0 saturated heterocycles. The monoisotopic (exact) mass is 342 g/mol. The number of nitriles is 1. The number of rotatable bonds is 14. The van der Waals surface area contributed by atoms with Crippen LogP contribution < -0.4 is 0 Å². The number of Topliss-reactive ketones (excluding diaryl/α,β-unsaturated/α-hetero) is 1. The summed E-state index contributed by atoms with van der Waals surface area (Å²) in [4.78, 5) is 15.0. The molecular formula is C22H34N2O. The van der Waals surface area contributed by atoms with E-state index < -0.39 is 5.92 Å². The molecule has 1 aromatic rings. The minimum Gasteiger partial charge on any atom is -0.296 e. The quantitative estimate of drug-likeness (QED) is 0.429. The molecule has 0 unspecified atom stereocenters. The second-order valence-electron chi connectivity index (χ2n) is 6.84. The first kappa shape index (κ1) is 21.4. The molecule has 3 heteroatoms. The van der Waals surface area contributed by atoms with Crippen LogP contribution in [-0.4, -0.2) is 30.3 Å². The predicted octanol–water partition coefficient (Wildman–Crippen LogP) is 5.33. The molecule has 0 aliphatic rings. The van der Waals surface area contributed by atoms with Crippen molar-refractivity contribution in [3.63, 3.8) is 0 Å². The summed E-state index contributed by atoms with van der Waals surface area (Å²) in [6, 6.07) is 11.6. The molecule has 25 heavy (non-hydrogen) atoms. The summed E-state index contributed by atoms with van der Waals surface area (Å²) in [5.74, 6) is -0.616. The van der Waals surface area contributed by atoms with Gasteiger partial charge in [-0.2, -0.15) is 5.26 Å². The summed E-state index contributed by atoms with van der Waals surface area (Å²) < 4.78 is 0. The first-order chi connectivity index (χ1) is 12.2. The topological polar surface area (TPSA) is 44.1 Å². The average Bonchev–Trinajstić information content (AvgIpc) is 2.63. The van der Waals surface area contributed by atoms with Crippen molar-refractivity contribution < 1.29 is 4.79 Å². The number of benzene rings is 1. The molecule has 0 bridgehead atoms. The third-order valence-corrected chi connectivity index (χ3v) is 4.62. The van der Waals surface area contributed by atoms with Crippen molar-refractivity contribution in [2.24, 2.45) is 0 Å². The van der Waals surface area contributed by atoms with Gasteiger partial charge in [-0.25, -0.2) is 0 Å². The molecule has 1 rings (SSSR count). The van der Waals surface area contributed by atoms with Crippen molar-refractivity contribution in [3.8, 4) is 6.07 Å². The summed E-state index contributed by atoms with van der Waals surface area (Å²) >= 11 is 0. The summed E-state index contributed by atoms with van der Waals surface area (Å²) in [7, 11) is 0. The third kappa shape index (κ3) is 8.84. The van der Waals surface area contributed by atoms with E-state index in [0.29, 0.717) is 6.54 Å². The summed E-state index contributed by atoms with van der Waals surface area (Å²) in [6.07, 6.45) is 9.66. The fourth-order valence-corrected chi connectivity index (χ4v) is 3.08. The van der Waals surface area contributed by atoms with Gasteiger partial charge in [0.1, 0.15) is 5.92 Å². The van der Waals surface area contributed by atoms with Crippen LogP contribution in [0.1, 0.15) is 76.7 Å². The highest BCUT2D eigenvalue weighted by atomic mass is 16.1. The lowest BCUT2D eigenvalue weighted by Gasteiger charge is -2.23. The fourth-order valence-electron chi connectivity index (χ4n) is 3.08. The number of unbranched alkanes of at least 4 members (excludes halogenated alkanes) is 6. The van der Waals surface area contributed by atoms with E-state index in [4.69, 9.17) is 0 Å². The smallest absolute Gasteiger partial charge is 0.168 e. The Hall–Kier alpha value is -1.66. The highest BCUT2D eigenvalue weighted by Crippen LogP contribution is 2.17. The zero-order chi connectivity index (χ0) is 18.3. The van der Waals surface area contributed by atoms with Crippen LogP contribution in [-0.2, 0) is 4.79 Å². The van der Waals surface area contributed by atoms with Gasteiger partial charge in [0, 0.05) is 0 Å². The Morgan fingerprint density at radius 2 is 1.52 bits per heavy atom. The predicted molar refractivity (Wildman–Crippen MR) is 105 cm³/mol. The number of carbonyl (C=O) groups excluding carboxylic acids is 1. The molecular weight excluding hydrogens is 308 g/mol. The molecule has 0 saturated carbocycles. The van der Waals surface area contributed by atoms with E-state index in [1.807, 2.05) is 30.3 Å². The first-order valence-electron chi connectivity index (χ1n) is 9.92. The van der Waals surface area contributed by atoms with E-state index in [2.05, 4.69) is 24.8 Å². The third-order valence-electron chi connectivity index (χ3n) is 4.62. The van der Waals surface area contributed by atoms with Gasteiger partial charge in [-0.1, -0.05) is 82.7 Å². The lowest BCUT2D eigenvalue weighted by molar-refractivity contribution is -0.120. The molecule has 0 aliphatic heterocycles. The molecule has 0 fully saturated rings. The van der Waals surface area contributed by atoms with Crippen molar-refractivity contribution in [1.82, 2.24) is 4.90 Å². The molecule has 0 N–H and O–H groups in total. The normalized spacial score (nSPS) is 12.1. The van der Waals surface area contributed by atoms with E-state index in [0.717, 1.165) is 31.5 Å². The Labute approximate surface area is 154 Å². The molecule has 0 spiro atoms. The van der Waals surface area contributed by atoms with Gasteiger partial charge in [-0.15, -0.1) is 0 Å². The van der Waals surface area contributed by atoms with Crippen molar-refractivity contribution in [2.75, 3.05) is 19.6 Å². The molecule has 0 amide bonds. The zero-order valence-corrected chi connectivity index (χ0v) is 16.0. The van der Waals surface area contributed by atoms with Gasteiger partial charge in [0.05, 0.1) is 12.6 Å². The van der Waals surface area contributed by atoms with Gasteiger partial charge in [0.25, 0.3) is 0 Å². The maximum Gasteiger partial charge on any atom is 0.168 e. The minimum atomic E-state index is -0.644. The van der Waals surface area contributed by atoms with Gasteiger partial charge < -0.3 is 0 Å². The molecule has 0 aromatic heterocycles. The number of nitrogens with zero attached hydrogens (tertiary/aromatic N) is 2. The average molecular weight is 343 g/mol. The van der Waals surface area contributed by atoms with Crippen LogP contribution in [0.3, 0.4) is 0 Å². The van der Waals surface area contributed by atoms with Crippen LogP contribution in [0.5, 0.6) is 0 Å². The molecule has 1 atom stereocenters. The van der Waals surface area contributed by atoms with E-state index in [1.165, 1.54) is 38.5 Å². The number of hydrogen-bond acceptors (Lipinski definition) is 3. The van der Waals surface area contributed by atoms with E-state index in [-0.39, 0.29) is 5.78 Å². The SMILES string of the molecule is CCCCCCN(CCCCCC)CC(=O)[C@@H](C#N)c1ccccc1. The molecule has 0 aliphatic carbocycles. The van der Waals surface area contributed by atoms with Gasteiger partial charge in [-0.3, -0.25) is 9.69 Å². The Bertz CT molecular complexity index is 495. The van der Waals surface area contributed by atoms with Gasteiger partial charge in [0.15, 0.2) is 5.78 Å². The summed E-state index contributed by atoms with van der Waals surface area (Å²) in [5.41, 5.74) is 0.812. The largest absolute Gasteiger partial charge is 0.296 e. The maximum absolute atomic E-state index is 12.7. The van der Waals surface area contributed by atoms with Gasteiger partial charge in [0.2, 0.25) is 0 Å². The molecule has 1 aromatic carbocycles. The Balaban J connectivity index is 2.59. The summed E-state index contributed by atoms with van der Waals surface area (Å²) in [5, 5.41) is 9.47. The molecule has 0 heterocycles. The molecule has 0 radical (unpaired) electrons. The van der Waals surface area contributed by atoms with Crippen LogP contribution in [0.2, 0.25) is 0 Å². The summed E-state index contributed by atoms with van der Waals surface area (Å²) in [6.45, 7) is 6.74. The first-order valence-corrected chi connectivity index (χ1v) is 9.92. The van der Waals surface area contributed by atoms with Crippen LogP contribution >= 0.6 is 0 Å². The van der Waals surface area contributed by atoms with Crippen LogP contribution in [0.25, 0.3) is 0 Å². The Morgan fingerprint density at radius 3 is 2.00 bits per heavy atom. The lowest BCUT2D eigenvalue weighted by atomic mass is 9.95. The number of hydrogen-bond donors (Lipinski definition) is 0. The van der Waals surface area contributed by atoms with Crippen molar-refractivity contribution in [1.29, 1.82) is 5.26 Å². The van der Waals surface area contributed by atoms with Gasteiger partial charge in [-0.05, 0) is 31.5 Å². The Kier molecular flexibility index (Phi) is 11.6. The van der Waals surface area contributed by atoms with E-state index >= 15 is 0 Å². The highest BCUT2D eigenvalue weighted by molar-refractivity contribution is 5.90. The number of ketones is 1. The standard InChI is InChI=1S/C22H34N2O/c1-3-5-7-12-16-24(17-13-8-6-4-2)19-22(25)21(18-23)20-14-10-9-11-15-20/h9-11,14-15,21H,3-8,12-13,16-17,19H2,1-2H3/t21-/m0/s1. The highest BCUT2D eigenvalue weighted by Gasteiger charge is 2.22. The second-order valence-corrected chi connectivity index (χ2v) is 6.84. The van der Waals surface area contributed by atoms with E-state index in [9.17, 15) is 10.1 Å². The van der Waals surface area contributed by atoms with Crippen molar-refractivity contribution in [3.05, 3.63) is 35.9 Å². The van der Waals surface area contributed by atoms with Crippen LogP contribution in [0.15, 0.2) is 30.3 Å². The lowest BCUT2D eigenvalue weighted by Crippen LogP contribution is -2.34. The maximum atomic E-state index is 12.7. The van der Waals surface area contributed by atoms with Crippen molar-refractivity contribution in [2.45, 2.75) is 71.1 Å². The van der Waals surface area contributed by atoms with E-state index in [1.54, 1.807) is 0 Å². The second kappa shape index (κ2) is 13.6. The van der Waals surface area contributed by atoms with Crippen molar-refractivity contribution >= 4 is 5.78 Å². The zero-order valence-electron chi connectivity index (χ0n) is 16.0. The number of carbonyl (C=O) groups is 1. The molecule has 138 valence electrons. The fraction of sp³-hybridized carbons (Fsp3) is 0.636. The Morgan fingerprint density at radius 1 is 0.960 bits per heavy atom. The van der Waals surface area contributed by atoms with Crippen LogP contribution in [0.4, 0.5) is 0 Å². The van der Waals surface area contributed by atoms with Gasteiger partial charge >= 0.3 is 0 Å². The minimum absolute atomic E-state index is 0.0275. The molecule has 3 nitrogen and oxygen atoms in total.